The second-order valence-electron chi connectivity index (χ2n) is 7.91. The summed E-state index contributed by atoms with van der Waals surface area (Å²) >= 11 is 0. The number of ether oxygens (including phenoxy) is 1. The van der Waals surface area contributed by atoms with Crippen molar-refractivity contribution >= 4 is 47.3 Å². The lowest BCUT2D eigenvalue weighted by Crippen LogP contribution is -2.52. The number of hydrogen-bond donors (Lipinski definition) is 2. The van der Waals surface area contributed by atoms with Crippen LogP contribution in [0.3, 0.4) is 0 Å². The lowest BCUT2D eigenvalue weighted by atomic mass is 9.82. The predicted molar refractivity (Wildman–Crippen MR) is 122 cm³/mol. The van der Waals surface area contributed by atoms with E-state index in [0.29, 0.717) is 0 Å². The van der Waals surface area contributed by atoms with Gasteiger partial charge in [0.05, 0.1) is 18.8 Å². The van der Waals surface area contributed by atoms with Gasteiger partial charge >= 0.3 is 0 Å². The van der Waals surface area contributed by atoms with E-state index in [2.05, 4.69) is 33.1 Å². The maximum Gasteiger partial charge on any atom is 0.244 e. The highest BCUT2D eigenvalue weighted by molar-refractivity contribution is 5.99. The van der Waals surface area contributed by atoms with Crippen LogP contribution in [0.25, 0.3) is 10.9 Å². The number of rotatable bonds is 5. The molecular formula is C21H32Cl2N4O2. The zero-order valence-corrected chi connectivity index (χ0v) is 18.4. The monoisotopic (exact) mass is 442 g/mol. The van der Waals surface area contributed by atoms with Crippen molar-refractivity contribution in [1.82, 2.24) is 9.47 Å². The summed E-state index contributed by atoms with van der Waals surface area (Å²) in [7, 11) is 0. The minimum absolute atomic E-state index is 0. The third kappa shape index (κ3) is 5.64. The molecule has 1 aliphatic heterocycles. The lowest BCUT2D eigenvalue weighted by molar-refractivity contribution is -0.122. The highest BCUT2D eigenvalue weighted by Gasteiger charge is 2.35. The van der Waals surface area contributed by atoms with E-state index in [0.717, 1.165) is 76.1 Å². The summed E-state index contributed by atoms with van der Waals surface area (Å²) in [6.45, 7) is 5.67. The van der Waals surface area contributed by atoms with E-state index in [-0.39, 0.29) is 30.7 Å². The minimum atomic E-state index is -0.711. The maximum absolute atomic E-state index is 12.7. The molecule has 29 heavy (non-hydrogen) atoms. The zero-order valence-electron chi connectivity index (χ0n) is 16.8. The Morgan fingerprint density at radius 3 is 2.52 bits per heavy atom. The second-order valence-corrected chi connectivity index (χ2v) is 7.91. The predicted octanol–water partition coefficient (Wildman–Crippen LogP) is 3.42. The van der Waals surface area contributed by atoms with Crippen LogP contribution in [0.2, 0.25) is 0 Å². The fourth-order valence-corrected chi connectivity index (χ4v) is 4.21. The van der Waals surface area contributed by atoms with Gasteiger partial charge in [0.25, 0.3) is 0 Å². The molecule has 2 heterocycles. The first kappa shape index (κ1) is 24.0. The van der Waals surface area contributed by atoms with E-state index in [1.54, 1.807) is 0 Å². The molecule has 1 saturated carbocycles. The number of carbonyl (C=O) groups is 1. The average molecular weight is 443 g/mol. The van der Waals surface area contributed by atoms with Crippen molar-refractivity contribution in [2.75, 3.05) is 38.2 Å². The first-order valence-corrected chi connectivity index (χ1v) is 10.1. The molecule has 1 aromatic carbocycles. The molecule has 1 saturated heterocycles. The van der Waals surface area contributed by atoms with Crippen LogP contribution in [0.5, 0.6) is 0 Å². The van der Waals surface area contributed by atoms with Crippen molar-refractivity contribution in [2.45, 2.75) is 44.2 Å². The Balaban J connectivity index is 0.00000150. The number of halogens is 2. The van der Waals surface area contributed by atoms with Crippen molar-refractivity contribution in [1.29, 1.82) is 0 Å². The zero-order chi connectivity index (χ0) is 18.7. The Morgan fingerprint density at radius 2 is 1.79 bits per heavy atom. The molecule has 6 nitrogen and oxygen atoms in total. The van der Waals surface area contributed by atoms with Gasteiger partial charge in [-0.25, -0.2) is 0 Å². The average Bonchev–Trinajstić information content (AvgIpc) is 3.10. The van der Waals surface area contributed by atoms with Crippen LogP contribution < -0.4 is 11.1 Å². The Labute approximate surface area is 184 Å². The van der Waals surface area contributed by atoms with E-state index >= 15 is 0 Å². The summed E-state index contributed by atoms with van der Waals surface area (Å²) in [5.41, 5.74) is 7.66. The number of nitrogens with zero attached hydrogens (tertiary/aromatic N) is 2. The van der Waals surface area contributed by atoms with Crippen LogP contribution >= 0.6 is 24.8 Å². The van der Waals surface area contributed by atoms with Crippen LogP contribution in [-0.2, 0) is 16.1 Å². The van der Waals surface area contributed by atoms with E-state index in [9.17, 15) is 4.79 Å². The molecule has 0 unspecified atom stereocenters. The van der Waals surface area contributed by atoms with Crippen LogP contribution in [0.15, 0.2) is 30.5 Å². The van der Waals surface area contributed by atoms with Crippen molar-refractivity contribution in [3.05, 3.63) is 30.5 Å². The SMILES string of the molecule is Cl.Cl.NC1(C(=O)Nc2ccc3c(ccn3CCN3CCOCC3)c2)CCCCC1. The molecular weight excluding hydrogens is 411 g/mol. The van der Waals surface area contributed by atoms with Gasteiger partial charge in [0.15, 0.2) is 0 Å². The number of anilines is 1. The number of aromatic nitrogens is 1. The summed E-state index contributed by atoms with van der Waals surface area (Å²) in [6.07, 6.45) is 6.93. The fraction of sp³-hybridized carbons (Fsp3) is 0.571. The Bertz CT molecular complexity index is 799. The molecule has 0 atom stereocenters. The van der Waals surface area contributed by atoms with Gasteiger partial charge in [0.1, 0.15) is 0 Å². The van der Waals surface area contributed by atoms with Gasteiger partial charge < -0.3 is 20.4 Å². The van der Waals surface area contributed by atoms with Crippen molar-refractivity contribution < 1.29 is 9.53 Å². The highest BCUT2D eigenvalue weighted by atomic mass is 35.5. The second kappa shape index (κ2) is 10.6. The van der Waals surface area contributed by atoms with E-state index in [1.165, 1.54) is 11.9 Å². The van der Waals surface area contributed by atoms with Gasteiger partial charge in [-0.05, 0) is 37.1 Å². The number of fused-ring (bicyclic) bond motifs is 1. The first-order valence-electron chi connectivity index (χ1n) is 10.1. The maximum atomic E-state index is 12.7. The van der Waals surface area contributed by atoms with Gasteiger partial charge in [-0.15, -0.1) is 24.8 Å². The number of amides is 1. The smallest absolute Gasteiger partial charge is 0.244 e. The molecule has 8 heteroatoms. The molecule has 0 radical (unpaired) electrons. The van der Waals surface area contributed by atoms with E-state index < -0.39 is 5.54 Å². The van der Waals surface area contributed by atoms with Crippen molar-refractivity contribution in [3.63, 3.8) is 0 Å². The molecule has 162 valence electrons. The van der Waals surface area contributed by atoms with Crippen molar-refractivity contribution in [3.8, 4) is 0 Å². The molecule has 0 bridgehead atoms. The standard InChI is InChI=1S/C21H30N4O2.2ClH/c22-21(7-2-1-3-8-21)20(26)23-18-4-5-19-17(16-18)6-9-25(19)11-10-24-12-14-27-15-13-24;;/h4-6,9,16H,1-3,7-8,10-15,22H2,(H,23,26);2*1H. The summed E-state index contributed by atoms with van der Waals surface area (Å²) in [5, 5.41) is 4.18. The third-order valence-corrected chi connectivity index (χ3v) is 5.99. The topological polar surface area (TPSA) is 72.5 Å². The van der Waals surface area contributed by atoms with Gasteiger partial charge in [-0.1, -0.05) is 19.3 Å². The van der Waals surface area contributed by atoms with E-state index in [1.807, 2.05) is 12.1 Å². The van der Waals surface area contributed by atoms with Crippen molar-refractivity contribution in [2.24, 2.45) is 5.73 Å². The van der Waals surface area contributed by atoms with Crippen LogP contribution in [0.4, 0.5) is 5.69 Å². The molecule has 1 aromatic heterocycles. The molecule has 2 fully saturated rings. The van der Waals surface area contributed by atoms with Crippen LogP contribution in [0, 0.1) is 0 Å². The van der Waals surface area contributed by atoms with Gasteiger partial charge in [0, 0.05) is 49.0 Å². The van der Waals surface area contributed by atoms with Gasteiger partial charge in [-0.2, -0.15) is 0 Å². The summed E-state index contributed by atoms with van der Waals surface area (Å²) in [4.78, 5) is 15.1. The molecule has 2 aromatic rings. The van der Waals surface area contributed by atoms with Crippen LogP contribution in [0.1, 0.15) is 32.1 Å². The largest absolute Gasteiger partial charge is 0.379 e. The number of nitrogens with two attached hydrogens (primary N) is 1. The molecule has 2 aliphatic rings. The molecule has 3 N–H and O–H groups in total. The minimum Gasteiger partial charge on any atom is -0.379 e. The number of hydrogen-bond acceptors (Lipinski definition) is 4. The Morgan fingerprint density at radius 1 is 1.07 bits per heavy atom. The molecule has 4 rings (SSSR count). The summed E-state index contributed by atoms with van der Waals surface area (Å²) in [5.74, 6) is -0.0479. The highest BCUT2D eigenvalue weighted by Crippen LogP contribution is 2.28. The van der Waals surface area contributed by atoms with Gasteiger partial charge in [0.2, 0.25) is 5.91 Å². The number of morpholine rings is 1. The Hall–Kier alpha value is -1.31. The normalized spacial score (nSPS) is 19.2. The first-order chi connectivity index (χ1) is 13.1. The molecule has 1 aliphatic carbocycles. The molecule has 0 spiro atoms. The van der Waals surface area contributed by atoms with Crippen LogP contribution in [-0.4, -0.2) is 53.8 Å². The summed E-state index contributed by atoms with van der Waals surface area (Å²) < 4.78 is 7.69. The summed E-state index contributed by atoms with van der Waals surface area (Å²) in [6, 6.07) is 8.24. The third-order valence-electron chi connectivity index (χ3n) is 5.99. The number of nitrogens with one attached hydrogen (secondary N) is 1. The quantitative estimate of drug-likeness (QED) is 0.743. The Kier molecular flexibility index (Phi) is 8.79. The molecule has 1 amide bonds. The number of carbonyl (C=O) groups excluding carboxylic acids is 1. The van der Waals surface area contributed by atoms with Gasteiger partial charge in [-0.3, -0.25) is 9.69 Å². The number of benzene rings is 1. The fourth-order valence-electron chi connectivity index (χ4n) is 4.21. The van der Waals surface area contributed by atoms with E-state index in [4.69, 9.17) is 10.5 Å². The lowest BCUT2D eigenvalue weighted by Gasteiger charge is -2.31.